The van der Waals surface area contributed by atoms with E-state index in [-0.39, 0.29) is 0 Å². The van der Waals surface area contributed by atoms with Gasteiger partial charge in [-0.3, -0.25) is 0 Å². The summed E-state index contributed by atoms with van der Waals surface area (Å²) >= 11 is 5.96. The minimum Gasteiger partial charge on any atom is -0.493 e. The van der Waals surface area contributed by atoms with Crippen molar-refractivity contribution in [2.45, 2.75) is 13.3 Å². The summed E-state index contributed by atoms with van der Waals surface area (Å²) in [5.74, 6) is 1.61. The summed E-state index contributed by atoms with van der Waals surface area (Å²) in [6.07, 6.45) is 0.802. The summed E-state index contributed by atoms with van der Waals surface area (Å²) < 4.78 is 11.2. The Kier molecular flexibility index (Phi) is 5.13. The summed E-state index contributed by atoms with van der Waals surface area (Å²) in [6, 6.07) is 13.0. The first-order valence-electron chi connectivity index (χ1n) is 6.52. The van der Waals surface area contributed by atoms with Crippen LogP contribution in [0.15, 0.2) is 42.5 Å². The van der Waals surface area contributed by atoms with Gasteiger partial charge in [-0.05, 0) is 42.8 Å². The van der Waals surface area contributed by atoms with Gasteiger partial charge in [0.1, 0.15) is 11.5 Å². The molecule has 4 heteroatoms. The number of anilines is 1. The van der Waals surface area contributed by atoms with Crippen molar-refractivity contribution >= 4 is 17.3 Å². The van der Waals surface area contributed by atoms with Crippen molar-refractivity contribution in [3.63, 3.8) is 0 Å². The Balaban J connectivity index is 1.70. The van der Waals surface area contributed by atoms with Crippen molar-refractivity contribution in [2.24, 2.45) is 0 Å². The van der Waals surface area contributed by atoms with Gasteiger partial charge in [0.25, 0.3) is 0 Å². The second-order valence-corrected chi connectivity index (χ2v) is 4.94. The van der Waals surface area contributed by atoms with Gasteiger partial charge in [0, 0.05) is 23.2 Å². The molecule has 2 aromatic carbocycles. The van der Waals surface area contributed by atoms with Crippen molar-refractivity contribution in [2.75, 3.05) is 18.9 Å². The fourth-order valence-corrected chi connectivity index (χ4v) is 1.87. The Labute approximate surface area is 124 Å². The van der Waals surface area contributed by atoms with Gasteiger partial charge >= 0.3 is 0 Å². The van der Waals surface area contributed by atoms with Gasteiger partial charge in [-0.2, -0.15) is 0 Å². The predicted molar refractivity (Wildman–Crippen MR) is 82.7 cm³/mol. The number of nitrogens with two attached hydrogens (primary N) is 1. The fraction of sp³-hybridized carbons (Fsp3) is 0.250. The largest absolute Gasteiger partial charge is 0.493 e. The molecule has 106 valence electrons. The molecule has 0 aliphatic rings. The monoisotopic (exact) mass is 291 g/mol. The summed E-state index contributed by atoms with van der Waals surface area (Å²) in [4.78, 5) is 0. The molecule has 2 rings (SSSR count). The van der Waals surface area contributed by atoms with E-state index >= 15 is 0 Å². The van der Waals surface area contributed by atoms with Crippen LogP contribution < -0.4 is 15.2 Å². The van der Waals surface area contributed by atoms with E-state index in [0.717, 1.165) is 28.5 Å². The molecular weight excluding hydrogens is 274 g/mol. The molecule has 0 atom stereocenters. The first kappa shape index (κ1) is 14.5. The number of hydrogen-bond donors (Lipinski definition) is 1. The molecule has 0 amide bonds. The lowest BCUT2D eigenvalue weighted by Crippen LogP contribution is -2.05. The molecule has 20 heavy (non-hydrogen) atoms. The van der Waals surface area contributed by atoms with Gasteiger partial charge in [0.2, 0.25) is 0 Å². The first-order chi connectivity index (χ1) is 9.65. The predicted octanol–water partition coefficient (Wildman–Crippen LogP) is 4.08. The first-order valence-corrected chi connectivity index (χ1v) is 6.90. The number of benzene rings is 2. The van der Waals surface area contributed by atoms with Crippen molar-refractivity contribution in [1.29, 1.82) is 0 Å². The number of rotatable bonds is 6. The van der Waals surface area contributed by atoms with Crippen LogP contribution in [0, 0.1) is 6.92 Å². The number of aryl methyl sites for hydroxylation is 1. The quantitative estimate of drug-likeness (QED) is 0.644. The third kappa shape index (κ3) is 4.35. The zero-order valence-electron chi connectivity index (χ0n) is 11.4. The normalized spacial score (nSPS) is 10.3. The van der Waals surface area contributed by atoms with Crippen LogP contribution in [-0.2, 0) is 0 Å². The maximum Gasteiger partial charge on any atom is 0.121 e. The van der Waals surface area contributed by atoms with Crippen molar-refractivity contribution < 1.29 is 9.47 Å². The van der Waals surface area contributed by atoms with E-state index in [2.05, 4.69) is 0 Å². The minimum atomic E-state index is 0.593. The van der Waals surface area contributed by atoms with Crippen molar-refractivity contribution in [3.05, 3.63) is 53.1 Å². The summed E-state index contributed by atoms with van der Waals surface area (Å²) in [7, 11) is 0. The molecule has 0 unspecified atom stereocenters. The highest BCUT2D eigenvalue weighted by atomic mass is 35.5. The molecule has 0 radical (unpaired) electrons. The second-order valence-electron chi connectivity index (χ2n) is 4.53. The lowest BCUT2D eigenvalue weighted by atomic mass is 10.2. The lowest BCUT2D eigenvalue weighted by Gasteiger charge is -2.09. The zero-order chi connectivity index (χ0) is 14.4. The van der Waals surface area contributed by atoms with Gasteiger partial charge in [-0.25, -0.2) is 0 Å². The molecule has 0 heterocycles. The molecule has 0 fully saturated rings. The molecular formula is C16H18ClNO2. The highest BCUT2D eigenvalue weighted by Gasteiger charge is 1.99. The summed E-state index contributed by atoms with van der Waals surface area (Å²) in [5.41, 5.74) is 7.39. The number of nitrogen functional groups attached to an aromatic ring is 1. The van der Waals surface area contributed by atoms with Gasteiger partial charge < -0.3 is 15.2 Å². The van der Waals surface area contributed by atoms with E-state index in [1.165, 1.54) is 0 Å². The molecule has 0 aliphatic heterocycles. The van der Waals surface area contributed by atoms with Crippen LogP contribution >= 0.6 is 11.6 Å². The van der Waals surface area contributed by atoms with Crippen molar-refractivity contribution in [1.82, 2.24) is 0 Å². The smallest absolute Gasteiger partial charge is 0.121 e. The molecule has 0 saturated carbocycles. The summed E-state index contributed by atoms with van der Waals surface area (Å²) in [6.45, 7) is 3.15. The Bertz CT molecular complexity index is 572. The SMILES string of the molecule is Cc1cc(OCCCOc2cccc(N)c2)ccc1Cl. The van der Waals surface area contributed by atoms with Gasteiger partial charge in [-0.1, -0.05) is 17.7 Å². The fourth-order valence-electron chi connectivity index (χ4n) is 1.75. The van der Waals surface area contributed by atoms with Crippen LogP contribution in [-0.4, -0.2) is 13.2 Å². The molecule has 2 N–H and O–H groups in total. The second kappa shape index (κ2) is 7.06. The van der Waals surface area contributed by atoms with Crippen molar-refractivity contribution in [3.8, 4) is 11.5 Å². The Hall–Kier alpha value is -1.87. The van der Waals surface area contributed by atoms with E-state index in [9.17, 15) is 0 Å². The molecule has 0 aliphatic carbocycles. The van der Waals surface area contributed by atoms with Crippen LogP contribution in [0.3, 0.4) is 0 Å². The molecule has 2 aromatic rings. The standard InChI is InChI=1S/C16H18ClNO2/c1-12-10-15(6-7-16(12)17)20-9-3-8-19-14-5-2-4-13(18)11-14/h2,4-7,10-11H,3,8-9,18H2,1H3. The van der Waals surface area contributed by atoms with Gasteiger partial charge in [0.15, 0.2) is 0 Å². The third-order valence-electron chi connectivity index (χ3n) is 2.81. The molecule has 0 bridgehead atoms. The van der Waals surface area contributed by atoms with Crippen LogP contribution in [0.25, 0.3) is 0 Å². The molecule has 0 saturated heterocycles. The van der Waals surface area contributed by atoms with E-state index in [4.69, 9.17) is 26.8 Å². The van der Waals surface area contributed by atoms with Crippen LogP contribution in [0.1, 0.15) is 12.0 Å². The highest BCUT2D eigenvalue weighted by molar-refractivity contribution is 6.31. The maximum absolute atomic E-state index is 5.96. The maximum atomic E-state index is 5.96. The Morgan fingerprint density at radius 1 is 1.00 bits per heavy atom. The Morgan fingerprint density at radius 2 is 1.70 bits per heavy atom. The lowest BCUT2D eigenvalue weighted by molar-refractivity contribution is 0.247. The zero-order valence-corrected chi connectivity index (χ0v) is 12.2. The van der Waals surface area contributed by atoms with E-state index in [1.807, 2.05) is 49.4 Å². The van der Waals surface area contributed by atoms with Gasteiger partial charge in [-0.15, -0.1) is 0 Å². The minimum absolute atomic E-state index is 0.593. The van der Waals surface area contributed by atoms with E-state index < -0.39 is 0 Å². The van der Waals surface area contributed by atoms with E-state index in [1.54, 1.807) is 0 Å². The highest BCUT2D eigenvalue weighted by Crippen LogP contribution is 2.21. The summed E-state index contributed by atoms with van der Waals surface area (Å²) in [5, 5.41) is 0.752. The average Bonchev–Trinajstić information content (AvgIpc) is 2.42. The number of hydrogen-bond acceptors (Lipinski definition) is 3. The number of halogens is 1. The van der Waals surface area contributed by atoms with Crippen LogP contribution in [0.2, 0.25) is 5.02 Å². The molecule has 0 aromatic heterocycles. The Morgan fingerprint density at radius 3 is 2.35 bits per heavy atom. The molecule has 3 nitrogen and oxygen atoms in total. The van der Waals surface area contributed by atoms with Crippen LogP contribution in [0.5, 0.6) is 11.5 Å². The topological polar surface area (TPSA) is 44.5 Å². The number of ether oxygens (including phenoxy) is 2. The average molecular weight is 292 g/mol. The third-order valence-corrected chi connectivity index (χ3v) is 3.24. The van der Waals surface area contributed by atoms with Gasteiger partial charge in [0.05, 0.1) is 13.2 Å². The molecule has 0 spiro atoms. The van der Waals surface area contributed by atoms with Crippen LogP contribution in [0.4, 0.5) is 5.69 Å². The van der Waals surface area contributed by atoms with E-state index in [0.29, 0.717) is 18.9 Å².